The first-order valence-electron chi connectivity index (χ1n) is 4.38. The molecule has 4 nitrogen and oxygen atoms in total. The van der Waals surface area contributed by atoms with Gasteiger partial charge in [0.2, 0.25) is 5.91 Å². The number of hydrogen-bond acceptors (Lipinski definition) is 4. The van der Waals surface area contributed by atoms with Crippen molar-refractivity contribution in [1.29, 1.82) is 0 Å². The van der Waals surface area contributed by atoms with Crippen molar-refractivity contribution in [1.82, 2.24) is 5.32 Å². The summed E-state index contributed by atoms with van der Waals surface area (Å²) in [4.78, 5) is 11.1. The summed E-state index contributed by atoms with van der Waals surface area (Å²) in [5.41, 5.74) is 6.32. The van der Waals surface area contributed by atoms with Gasteiger partial charge in [-0.05, 0) is 22.4 Å². The summed E-state index contributed by atoms with van der Waals surface area (Å²) in [5, 5.41) is 6.73. The average Bonchev–Trinajstić information content (AvgIpc) is 2.68. The Morgan fingerprint density at radius 1 is 1.64 bits per heavy atom. The number of carbonyl (C=O) groups excluding carboxylic acids is 1. The molecule has 3 N–H and O–H groups in total. The van der Waals surface area contributed by atoms with Gasteiger partial charge in [-0.2, -0.15) is 11.3 Å². The predicted molar refractivity (Wildman–Crippen MR) is 56.0 cm³/mol. The maximum atomic E-state index is 11.1. The SMILES string of the molecule is NCCOCC(=O)NCc1ccsc1. The molecule has 0 aliphatic carbocycles. The van der Waals surface area contributed by atoms with Crippen LogP contribution in [0, 0.1) is 0 Å². The van der Waals surface area contributed by atoms with Crippen LogP contribution >= 0.6 is 11.3 Å². The highest BCUT2D eigenvalue weighted by molar-refractivity contribution is 7.07. The summed E-state index contributed by atoms with van der Waals surface area (Å²) in [6, 6.07) is 1.98. The quantitative estimate of drug-likeness (QED) is 0.671. The van der Waals surface area contributed by atoms with Gasteiger partial charge < -0.3 is 15.8 Å². The summed E-state index contributed by atoms with van der Waals surface area (Å²) < 4.78 is 4.98. The second-order valence-corrected chi connectivity index (χ2v) is 3.53. The molecule has 1 amide bonds. The molecule has 0 aromatic carbocycles. The highest BCUT2D eigenvalue weighted by Crippen LogP contribution is 2.04. The van der Waals surface area contributed by atoms with Crippen molar-refractivity contribution in [3.63, 3.8) is 0 Å². The number of nitrogens with one attached hydrogen (secondary N) is 1. The minimum absolute atomic E-state index is 0.0847. The monoisotopic (exact) mass is 214 g/mol. The first-order chi connectivity index (χ1) is 6.83. The zero-order chi connectivity index (χ0) is 10.2. The fourth-order valence-electron chi connectivity index (χ4n) is 0.893. The number of ether oxygens (including phenoxy) is 1. The van der Waals surface area contributed by atoms with Crippen molar-refractivity contribution >= 4 is 17.2 Å². The molecule has 14 heavy (non-hydrogen) atoms. The lowest BCUT2D eigenvalue weighted by molar-refractivity contribution is -0.125. The molecular weight excluding hydrogens is 200 g/mol. The van der Waals surface area contributed by atoms with Gasteiger partial charge in [-0.1, -0.05) is 0 Å². The fourth-order valence-corrected chi connectivity index (χ4v) is 1.56. The van der Waals surface area contributed by atoms with E-state index in [0.29, 0.717) is 19.7 Å². The second-order valence-electron chi connectivity index (χ2n) is 2.75. The summed E-state index contributed by atoms with van der Waals surface area (Å²) in [6.45, 7) is 1.51. The third-order valence-corrected chi connectivity index (χ3v) is 2.30. The van der Waals surface area contributed by atoms with Crippen molar-refractivity contribution in [2.45, 2.75) is 6.54 Å². The van der Waals surface area contributed by atoms with Gasteiger partial charge in [-0.25, -0.2) is 0 Å². The summed E-state index contributed by atoms with van der Waals surface area (Å²) in [5.74, 6) is -0.107. The molecule has 1 heterocycles. The molecule has 1 aromatic rings. The molecule has 0 atom stereocenters. The van der Waals surface area contributed by atoms with Gasteiger partial charge in [0.1, 0.15) is 6.61 Å². The van der Waals surface area contributed by atoms with E-state index in [4.69, 9.17) is 10.5 Å². The Morgan fingerprint density at radius 3 is 3.14 bits per heavy atom. The number of amides is 1. The van der Waals surface area contributed by atoms with Crippen LogP contribution in [0.25, 0.3) is 0 Å². The molecule has 0 unspecified atom stereocenters. The van der Waals surface area contributed by atoms with E-state index >= 15 is 0 Å². The molecular formula is C9H14N2O2S. The first-order valence-corrected chi connectivity index (χ1v) is 5.33. The molecule has 78 valence electrons. The third-order valence-electron chi connectivity index (χ3n) is 1.57. The average molecular weight is 214 g/mol. The van der Waals surface area contributed by atoms with Gasteiger partial charge in [0.15, 0.2) is 0 Å². The topological polar surface area (TPSA) is 64.3 Å². The lowest BCUT2D eigenvalue weighted by Crippen LogP contribution is -2.27. The second kappa shape index (κ2) is 6.53. The van der Waals surface area contributed by atoms with Crippen molar-refractivity contribution in [3.8, 4) is 0 Å². The Bertz CT molecular complexity index is 262. The Labute approximate surface area is 87.1 Å². The normalized spacial score (nSPS) is 10.1. The zero-order valence-electron chi connectivity index (χ0n) is 7.86. The fraction of sp³-hybridized carbons (Fsp3) is 0.444. The Morgan fingerprint density at radius 2 is 2.50 bits per heavy atom. The van der Waals surface area contributed by atoms with Crippen LogP contribution in [0.5, 0.6) is 0 Å². The molecule has 0 aliphatic rings. The van der Waals surface area contributed by atoms with Gasteiger partial charge in [0.05, 0.1) is 6.61 Å². The highest BCUT2D eigenvalue weighted by Gasteiger charge is 2.00. The number of nitrogens with two attached hydrogens (primary N) is 1. The van der Waals surface area contributed by atoms with Crippen molar-refractivity contribution in [2.24, 2.45) is 5.73 Å². The maximum Gasteiger partial charge on any atom is 0.246 e. The number of hydrogen-bond donors (Lipinski definition) is 2. The Balaban J connectivity index is 2.09. The van der Waals surface area contributed by atoms with Crippen LogP contribution < -0.4 is 11.1 Å². The standard InChI is InChI=1S/C9H14N2O2S/c10-2-3-13-6-9(12)11-5-8-1-4-14-7-8/h1,4,7H,2-3,5-6,10H2,(H,11,12). The van der Waals surface area contributed by atoms with E-state index in [1.807, 2.05) is 16.8 Å². The van der Waals surface area contributed by atoms with E-state index in [1.165, 1.54) is 0 Å². The molecule has 1 aromatic heterocycles. The van der Waals surface area contributed by atoms with Gasteiger partial charge >= 0.3 is 0 Å². The molecule has 0 aliphatic heterocycles. The Kier molecular flexibility index (Phi) is 5.21. The van der Waals surface area contributed by atoms with Crippen LogP contribution in [0.3, 0.4) is 0 Å². The minimum atomic E-state index is -0.107. The highest BCUT2D eigenvalue weighted by atomic mass is 32.1. The van der Waals surface area contributed by atoms with Crippen molar-refractivity contribution in [3.05, 3.63) is 22.4 Å². The van der Waals surface area contributed by atoms with E-state index in [2.05, 4.69) is 5.32 Å². The van der Waals surface area contributed by atoms with Crippen LogP contribution in [0.4, 0.5) is 0 Å². The summed E-state index contributed by atoms with van der Waals surface area (Å²) >= 11 is 1.61. The van der Waals surface area contributed by atoms with Crippen molar-refractivity contribution in [2.75, 3.05) is 19.8 Å². The van der Waals surface area contributed by atoms with Crippen LogP contribution in [-0.4, -0.2) is 25.7 Å². The molecule has 5 heteroatoms. The van der Waals surface area contributed by atoms with E-state index < -0.39 is 0 Å². The summed E-state index contributed by atoms with van der Waals surface area (Å²) in [6.07, 6.45) is 0. The van der Waals surface area contributed by atoms with Gasteiger partial charge in [-0.3, -0.25) is 4.79 Å². The first kappa shape index (κ1) is 11.2. The summed E-state index contributed by atoms with van der Waals surface area (Å²) in [7, 11) is 0. The van der Waals surface area contributed by atoms with Gasteiger partial charge in [0.25, 0.3) is 0 Å². The van der Waals surface area contributed by atoms with Crippen LogP contribution in [-0.2, 0) is 16.1 Å². The van der Waals surface area contributed by atoms with Gasteiger partial charge in [-0.15, -0.1) is 0 Å². The van der Waals surface area contributed by atoms with Crippen molar-refractivity contribution < 1.29 is 9.53 Å². The Hall–Kier alpha value is -0.910. The van der Waals surface area contributed by atoms with Crippen LogP contribution in [0.15, 0.2) is 16.8 Å². The lowest BCUT2D eigenvalue weighted by atomic mass is 10.3. The van der Waals surface area contributed by atoms with Gasteiger partial charge in [0, 0.05) is 13.1 Å². The molecule has 1 rings (SSSR count). The minimum Gasteiger partial charge on any atom is -0.370 e. The molecule has 0 saturated heterocycles. The molecule has 0 radical (unpaired) electrons. The number of rotatable bonds is 6. The smallest absolute Gasteiger partial charge is 0.246 e. The molecule has 0 bridgehead atoms. The number of thiophene rings is 1. The van der Waals surface area contributed by atoms with Crippen LogP contribution in [0.2, 0.25) is 0 Å². The zero-order valence-corrected chi connectivity index (χ0v) is 8.68. The van der Waals surface area contributed by atoms with E-state index in [0.717, 1.165) is 5.56 Å². The number of carbonyl (C=O) groups is 1. The largest absolute Gasteiger partial charge is 0.370 e. The van der Waals surface area contributed by atoms with E-state index in [9.17, 15) is 4.79 Å². The third kappa shape index (κ3) is 4.36. The predicted octanol–water partition coefficient (Wildman–Crippen LogP) is 0.340. The molecule has 0 spiro atoms. The lowest BCUT2D eigenvalue weighted by Gasteiger charge is -2.03. The van der Waals surface area contributed by atoms with E-state index in [-0.39, 0.29) is 12.5 Å². The maximum absolute atomic E-state index is 11.1. The molecule has 0 fully saturated rings. The molecule has 0 saturated carbocycles. The van der Waals surface area contributed by atoms with E-state index in [1.54, 1.807) is 11.3 Å². The van der Waals surface area contributed by atoms with Crippen LogP contribution in [0.1, 0.15) is 5.56 Å².